The van der Waals surface area contributed by atoms with Crippen molar-refractivity contribution in [1.82, 2.24) is 5.32 Å². The molecule has 0 spiro atoms. The summed E-state index contributed by atoms with van der Waals surface area (Å²) in [6, 6.07) is 16.9. The van der Waals surface area contributed by atoms with E-state index in [0.29, 0.717) is 30.0 Å². The fraction of sp³-hybridized carbons (Fsp3) is 0.345. The molecule has 0 radical (unpaired) electrons. The van der Waals surface area contributed by atoms with E-state index in [0.717, 1.165) is 11.1 Å². The van der Waals surface area contributed by atoms with Crippen molar-refractivity contribution < 1.29 is 28.9 Å². The lowest BCUT2D eigenvalue weighted by atomic mass is 9.94. The maximum Gasteiger partial charge on any atom is 0.337 e. The molecule has 0 fully saturated rings. The maximum atomic E-state index is 13.9. The first-order chi connectivity index (χ1) is 17.4. The van der Waals surface area contributed by atoms with Crippen LogP contribution in [0.2, 0.25) is 5.02 Å². The van der Waals surface area contributed by atoms with Gasteiger partial charge in [-0.05, 0) is 69.5 Å². The first-order valence-corrected chi connectivity index (χ1v) is 12.4. The van der Waals surface area contributed by atoms with Crippen LogP contribution in [0.3, 0.4) is 0 Å². The molecule has 1 unspecified atom stereocenters. The molecule has 0 aliphatic rings. The number of para-hydroxylation sites is 1. The molecule has 0 saturated carbocycles. The molecule has 6 nitrogen and oxygen atoms in total. The molecular weight excluding hydrogens is 497 g/mol. The van der Waals surface area contributed by atoms with Crippen LogP contribution in [0.5, 0.6) is 11.5 Å². The lowest BCUT2D eigenvalue weighted by molar-refractivity contribution is -0.00481. The summed E-state index contributed by atoms with van der Waals surface area (Å²) in [4.78, 5) is 11.2. The van der Waals surface area contributed by atoms with Crippen LogP contribution >= 0.6 is 11.6 Å². The zero-order valence-corrected chi connectivity index (χ0v) is 22.2. The molecule has 0 amide bonds. The summed E-state index contributed by atoms with van der Waals surface area (Å²) in [5, 5.41) is 23.1. The van der Waals surface area contributed by atoms with Crippen molar-refractivity contribution in [2.24, 2.45) is 0 Å². The summed E-state index contributed by atoms with van der Waals surface area (Å²) in [6.07, 6.45) is -0.536. The minimum Gasteiger partial charge on any atom is -0.478 e. The highest BCUT2D eigenvalue weighted by Crippen LogP contribution is 2.33. The summed E-state index contributed by atoms with van der Waals surface area (Å²) in [7, 11) is 0. The Kier molecular flexibility index (Phi) is 9.68. The highest BCUT2D eigenvalue weighted by atomic mass is 35.5. The Labute approximate surface area is 222 Å². The van der Waals surface area contributed by atoms with E-state index in [9.17, 15) is 14.3 Å². The Balaban J connectivity index is 1.55. The number of ether oxygens (including phenoxy) is 2. The highest BCUT2D eigenvalue weighted by molar-refractivity contribution is 6.33. The Morgan fingerprint density at radius 2 is 1.86 bits per heavy atom. The lowest BCUT2D eigenvalue weighted by Gasteiger charge is -2.28. The number of carboxylic acid groups (broad SMARTS) is 1. The third-order valence-corrected chi connectivity index (χ3v) is 6.31. The van der Waals surface area contributed by atoms with Gasteiger partial charge in [-0.2, -0.15) is 0 Å². The molecule has 3 aromatic carbocycles. The van der Waals surface area contributed by atoms with E-state index in [-0.39, 0.29) is 34.7 Å². The summed E-state index contributed by atoms with van der Waals surface area (Å²) in [6.45, 7) is 8.00. The number of aliphatic hydroxyl groups is 1. The number of hydrogen-bond donors (Lipinski definition) is 3. The van der Waals surface area contributed by atoms with Crippen LogP contribution in [0.15, 0.2) is 60.7 Å². The molecule has 3 rings (SSSR count). The maximum absolute atomic E-state index is 13.9. The molecule has 0 aliphatic heterocycles. The monoisotopic (exact) mass is 529 g/mol. The summed E-state index contributed by atoms with van der Waals surface area (Å²) >= 11 is 6.06. The minimum atomic E-state index is -1.11. The Hall–Kier alpha value is -2.97. The van der Waals surface area contributed by atoms with Crippen LogP contribution in [0, 0.1) is 12.7 Å². The van der Waals surface area contributed by atoms with Crippen molar-refractivity contribution >= 4 is 17.6 Å². The second-order valence-corrected chi connectivity index (χ2v) is 10.1. The number of nitrogens with one attached hydrogen (secondary N) is 1. The smallest absolute Gasteiger partial charge is 0.337 e. The van der Waals surface area contributed by atoms with Gasteiger partial charge in [-0.25, -0.2) is 9.18 Å². The van der Waals surface area contributed by atoms with Crippen LogP contribution in [0.1, 0.15) is 53.9 Å². The van der Waals surface area contributed by atoms with E-state index >= 15 is 0 Å². The standard InChI is InChI=1S/C29H33ClFNO5/c1-18-9-10-20(13-26(18)31)15-29(3,4)32-16-21(33)17-36-19(2)23-7-5-6-8-27(23)37-22-11-12-24(28(34)35)25(30)14-22/h5-14,19,21,32-33H,15-17H2,1-4H3,(H,34,35)/t19?,21-/m0/s1. The van der Waals surface area contributed by atoms with E-state index in [1.807, 2.05) is 45.0 Å². The van der Waals surface area contributed by atoms with Gasteiger partial charge < -0.3 is 25.0 Å². The number of carboxylic acids is 1. The van der Waals surface area contributed by atoms with Gasteiger partial charge in [0.05, 0.1) is 29.4 Å². The Morgan fingerprint density at radius 1 is 1.14 bits per heavy atom. The van der Waals surface area contributed by atoms with E-state index in [4.69, 9.17) is 26.2 Å². The largest absolute Gasteiger partial charge is 0.478 e. The molecule has 3 aromatic rings. The molecule has 198 valence electrons. The van der Waals surface area contributed by atoms with Gasteiger partial charge in [0.15, 0.2) is 0 Å². The van der Waals surface area contributed by atoms with Crippen molar-refractivity contribution in [3.8, 4) is 11.5 Å². The normalized spacial score (nSPS) is 13.3. The molecule has 37 heavy (non-hydrogen) atoms. The molecule has 2 atom stereocenters. The zero-order valence-electron chi connectivity index (χ0n) is 21.4. The van der Waals surface area contributed by atoms with Gasteiger partial charge in [-0.1, -0.05) is 41.9 Å². The zero-order chi connectivity index (χ0) is 27.2. The van der Waals surface area contributed by atoms with Crippen LogP contribution in [-0.4, -0.2) is 41.0 Å². The van der Waals surface area contributed by atoms with Crippen LogP contribution < -0.4 is 10.1 Å². The molecule has 0 aromatic heterocycles. The predicted molar refractivity (Wildman–Crippen MR) is 142 cm³/mol. The van der Waals surface area contributed by atoms with Crippen molar-refractivity contribution in [3.05, 3.63) is 93.8 Å². The minimum absolute atomic E-state index is 0.00388. The number of rotatable bonds is 12. The topological polar surface area (TPSA) is 88.0 Å². The average molecular weight is 530 g/mol. The molecule has 0 heterocycles. The number of aliphatic hydroxyl groups excluding tert-OH is 1. The molecule has 8 heteroatoms. The first kappa shape index (κ1) is 28.6. The number of benzene rings is 3. The third kappa shape index (κ3) is 8.27. The van der Waals surface area contributed by atoms with Gasteiger partial charge in [-0.3, -0.25) is 0 Å². The van der Waals surface area contributed by atoms with Gasteiger partial charge >= 0.3 is 5.97 Å². The fourth-order valence-corrected chi connectivity index (χ4v) is 4.14. The average Bonchev–Trinajstić information content (AvgIpc) is 2.83. The number of halogens is 2. The van der Waals surface area contributed by atoms with Crippen molar-refractivity contribution in [2.45, 2.75) is 51.9 Å². The van der Waals surface area contributed by atoms with Gasteiger partial charge in [0.2, 0.25) is 0 Å². The van der Waals surface area contributed by atoms with Crippen molar-refractivity contribution in [2.75, 3.05) is 13.2 Å². The quantitative estimate of drug-likeness (QED) is 0.254. The lowest BCUT2D eigenvalue weighted by Crippen LogP contribution is -2.46. The number of aromatic carboxylic acids is 1. The highest BCUT2D eigenvalue weighted by Gasteiger charge is 2.21. The van der Waals surface area contributed by atoms with Gasteiger partial charge in [0.25, 0.3) is 0 Å². The van der Waals surface area contributed by atoms with E-state index in [1.54, 1.807) is 31.2 Å². The van der Waals surface area contributed by atoms with E-state index < -0.39 is 12.1 Å². The van der Waals surface area contributed by atoms with Crippen LogP contribution in [0.25, 0.3) is 0 Å². The second-order valence-electron chi connectivity index (χ2n) is 9.74. The molecule has 0 aliphatic carbocycles. The van der Waals surface area contributed by atoms with Gasteiger partial charge in [0, 0.05) is 23.7 Å². The van der Waals surface area contributed by atoms with Crippen LogP contribution in [-0.2, 0) is 11.2 Å². The summed E-state index contributed by atoms with van der Waals surface area (Å²) in [5.74, 6) is -0.400. The Bertz CT molecular complexity index is 1230. The van der Waals surface area contributed by atoms with Crippen molar-refractivity contribution in [3.63, 3.8) is 0 Å². The van der Waals surface area contributed by atoms with E-state index in [2.05, 4.69) is 5.32 Å². The third-order valence-electron chi connectivity index (χ3n) is 5.99. The SMILES string of the molecule is Cc1ccc(CC(C)(C)NC[C@H](O)COC(C)c2ccccc2Oc2ccc(C(=O)O)c(Cl)c2)cc1F. The number of hydrogen-bond acceptors (Lipinski definition) is 5. The van der Waals surface area contributed by atoms with E-state index in [1.165, 1.54) is 12.1 Å². The number of carbonyl (C=O) groups is 1. The molecule has 3 N–H and O–H groups in total. The van der Waals surface area contributed by atoms with Crippen LogP contribution in [0.4, 0.5) is 4.39 Å². The second kappa shape index (κ2) is 12.5. The fourth-order valence-electron chi connectivity index (χ4n) is 3.89. The predicted octanol–water partition coefficient (Wildman–Crippen LogP) is 6.33. The number of β-amino-alcohol motifs (C(OH)–C–C–N with tert-alkyl or cyclic N) is 1. The number of aryl methyl sites for hydroxylation is 1. The molecule has 0 bridgehead atoms. The first-order valence-electron chi connectivity index (χ1n) is 12.0. The van der Waals surface area contributed by atoms with Gasteiger partial charge in [-0.15, -0.1) is 0 Å². The Morgan fingerprint density at radius 3 is 2.54 bits per heavy atom. The summed E-state index contributed by atoms with van der Waals surface area (Å²) in [5.41, 5.74) is 1.91. The summed E-state index contributed by atoms with van der Waals surface area (Å²) < 4.78 is 25.8. The van der Waals surface area contributed by atoms with Crippen molar-refractivity contribution in [1.29, 1.82) is 0 Å². The van der Waals surface area contributed by atoms with Gasteiger partial charge in [0.1, 0.15) is 17.3 Å². The molecule has 0 saturated heterocycles. The molecular formula is C29H33ClFNO5.